The first kappa shape index (κ1) is 26.4. The largest absolute Gasteiger partial charge is 0.482 e. The molecule has 7 heteroatoms. The molecule has 1 saturated carbocycles. The number of rotatable bonds is 7. The molecule has 0 unspecified atom stereocenters. The van der Waals surface area contributed by atoms with Crippen molar-refractivity contribution in [2.75, 3.05) is 19.8 Å². The second-order valence-corrected chi connectivity index (χ2v) is 12.5. The first-order valence-electron chi connectivity index (χ1n) is 13.3. The minimum absolute atomic E-state index is 0.149. The summed E-state index contributed by atoms with van der Waals surface area (Å²) in [6, 6.07) is 19.9. The van der Waals surface area contributed by atoms with Gasteiger partial charge in [0.2, 0.25) is 10.0 Å². The highest BCUT2D eigenvalue weighted by molar-refractivity contribution is 7.89. The lowest BCUT2D eigenvalue weighted by atomic mass is 9.74. The van der Waals surface area contributed by atoms with E-state index in [9.17, 15) is 13.2 Å². The molecular weight excluding hydrogens is 498 g/mol. The fraction of sp³-hybridized carbons (Fsp3) is 0.387. The average molecular weight is 534 g/mol. The number of aryl methyl sites for hydroxylation is 2. The molecule has 1 spiro atoms. The summed E-state index contributed by atoms with van der Waals surface area (Å²) in [7, 11) is -3.75. The first-order valence-corrected chi connectivity index (χ1v) is 14.8. The summed E-state index contributed by atoms with van der Waals surface area (Å²) in [4.78, 5) is 11.9. The third-order valence-electron chi connectivity index (χ3n) is 7.85. The third kappa shape index (κ3) is 5.09. The maximum absolute atomic E-state index is 14.0. The smallest absolute Gasteiger partial charge is 0.344 e. The van der Waals surface area contributed by atoms with E-state index in [2.05, 4.69) is 49.4 Å². The Balaban J connectivity index is 1.46. The highest BCUT2D eigenvalue weighted by atomic mass is 32.2. The van der Waals surface area contributed by atoms with Gasteiger partial charge in [-0.15, -0.1) is 0 Å². The quantitative estimate of drug-likeness (QED) is 0.352. The number of carbonyl (C=O) groups is 1. The van der Waals surface area contributed by atoms with Gasteiger partial charge in [-0.3, -0.25) is 0 Å². The van der Waals surface area contributed by atoms with Crippen LogP contribution in [-0.2, 0) is 31.5 Å². The monoisotopic (exact) mass is 533 g/mol. The molecule has 3 aromatic carbocycles. The Labute approximate surface area is 225 Å². The minimum Gasteiger partial charge on any atom is -0.482 e. The predicted molar refractivity (Wildman–Crippen MR) is 148 cm³/mol. The van der Waals surface area contributed by atoms with Gasteiger partial charge in [0.25, 0.3) is 0 Å². The molecule has 3 aromatic rings. The number of esters is 1. The van der Waals surface area contributed by atoms with E-state index in [4.69, 9.17) is 9.47 Å². The summed E-state index contributed by atoms with van der Waals surface area (Å²) >= 11 is 0. The Hall–Kier alpha value is -3.16. The van der Waals surface area contributed by atoms with Crippen LogP contribution in [0.4, 0.5) is 0 Å². The summed E-state index contributed by atoms with van der Waals surface area (Å²) in [5, 5.41) is 0. The number of benzene rings is 3. The molecule has 5 rings (SSSR count). The van der Waals surface area contributed by atoms with Crippen LogP contribution in [0.15, 0.2) is 65.6 Å². The summed E-state index contributed by atoms with van der Waals surface area (Å²) in [5.74, 6) is 0.0125. The lowest BCUT2D eigenvalue weighted by molar-refractivity contribution is -0.145. The van der Waals surface area contributed by atoms with Gasteiger partial charge >= 0.3 is 5.97 Å². The molecule has 2 aliphatic rings. The number of fused-ring (bicyclic) bond motifs is 2. The number of ether oxygens (including phenoxy) is 2. The zero-order valence-corrected chi connectivity index (χ0v) is 23.1. The molecule has 1 fully saturated rings. The van der Waals surface area contributed by atoms with Gasteiger partial charge in [0.15, 0.2) is 6.61 Å². The highest BCUT2D eigenvalue weighted by Gasteiger charge is 2.45. The van der Waals surface area contributed by atoms with E-state index in [1.807, 2.05) is 0 Å². The van der Waals surface area contributed by atoms with E-state index in [1.54, 1.807) is 36.4 Å². The van der Waals surface area contributed by atoms with Crippen molar-refractivity contribution in [1.82, 2.24) is 4.31 Å². The van der Waals surface area contributed by atoms with E-state index < -0.39 is 16.0 Å². The number of carbonyl (C=O) groups excluding carboxylic acids is 1. The molecule has 1 aliphatic heterocycles. The van der Waals surface area contributed by atoms with Gasteiger partial charge in [-0.25, -0.2) is 13.2 Å². The van der Waals surface area contributed by atoms with Gasteiger partial charge in [-0.2, -0.15) is 4.31 Å². The number of hydrogen-bond acceptors (Lipinski definition) is 5. The van der Waals surface area contributed by atoms with Crippen molar-refractivity contribution in [3.63, 3.8) is 0 Å². The Kier molecular flexibility index (Phi) is 7.34. The zero-order chi connectivity index (χ0) is 26.9. The van der Waals surface area contributed by atoms with Gasteiger partial charge in [0, 0.05) is 18.5 Å². The lowest BCUT2D eigenvalue weighted by Crippen LogP contribution is -2.46. The molecule has 0 N–H and O–H groups in total. The van der Waals surface area contributed by atoms with Crippen LogP contribution in [0.3, 0.4) is 0 Å². The average Bonchev–Trinajstić information content (AvgIpc) is 3.36. The first-order chi connectivity index (χ1) is 18.2. The minimum atomic E-state index is -3.75. The Bertz CT molecular complexity index is 1460. The van der Waals surface area contributed by atoms with Crippen LogP contribution in [-0.4, -0.2) is 38.5 Å². The predicted octanol–water partition coefficient (Wildman–Crippen LogP) is 5.93. The summed E-state index contributed by atoms with van der Waals surface area (Å²) in [6.45, 7) is 6.52. The van der Waals surface area contributed by atoms with E-state index in [-0.39, 0.29) is 23.5 Å². The van der Waals surface area contributed by atoms with Crippen LogP contribution in [0.5, 0.6) is 5.75 Å². The topological polar surface area (TPSA) is 72.9 Å². The second kappa shape index (κ2) is 10.5. The maximum atomic E-state index is 14.0. The molecule has 0 atom stereocenters. The van der Waals surface area contributed by atoms with Gasteiger partial charge in [0.05, 0.1) is 11.5 Å². The van der Waals surface area contributed by atoms with Crippen LogP contribution >= 0.6 is 0 Å². The molecule has 0 saturated heterocycles. The lowest BCUT2D eigenvalue weighted by Gasteiger charge is -2.41. The molecule has 0 radical (unpaired) electrons. The molecule has 6 nitrogen and oxygen atoms in total. The number of sulfonamides is 1. The van der Waals surface area contributed by atoms with Crippen molar-refractivity contribution in [2.24, 2.45) is 0 Å². The van der Waals surface area contributed by atoms with Crippen molar-refractivity contribution >= 4 is 16.0 Å². The fourth-order valence-corrected chi connectivity index (χ4v) is 7.59. The normalized spacial score (nSPS) is 16.8. The molecule has 1 aliphatic carbocycles. The highest BCUT2D eigenvalue weighted by Crippen LogP contribution is 2.47. The Morgan fingerprint density at radius 1 is 0.974 bits per heavy atom. The fourth-order valence-electron chi connectivity index (χ4n) is 6.00. The van der Waals surface area contributed by atoms with Crippen LogP contribution < -0.4 is 4.74 Å². The van der Waals surface area contributed by atoms with Gasteiger partial charge in [-0.05, 0) is 85.7 Å². The maximum Gasteiger partial charge on any atom is 0.344 e. The van der Waals surface area contributed by atoms with Crippen molar-refractivity contribution in [2.45, 2.75) is 63.3 Å². The van der Waals surface area contributed by atoms with Crippen molar-refractivity contribution < 1.29 is 22.7 Å². The summed E-state index contributed by atoms with van der Waals surface area (Å²) < 4.78 is 40.1. The molecule has 0 aromatic heterocycles. The van der Waals surface area contributed by atoms with E-state index >= 15 is 0 Å². The Morgan fingerprint density at radius 3 is 2.45 bits per heavy atom. The van der Waals surface area contributed by atoms with E-state index in [0.717, 1.165) is 42.4 Å². The van der Waals surface area contributed by atoms with Crippen LogP contribution in [0, 0.1) is 13.8 Å². The summed E-state index contributed by atoms with van der Waals surface area (Å²) in [5.41, 5.74) is 6.35. The van der Waals surface area contributed by atoms with Crippen molar-refractivity contribution in [3.8, 4) is 16.9 Å². The molecule has 38 heavy (non-hydrogen) atoms. The number of hydrogen-bond donors (Lipinski definition) is 0. The molecule has 0 bridgehead atoms. The standard InChI is InChI=1S/C31H35NO5S/c1-4-36-30(33)20-37-29-13-11-27(17-23(29)3)38(34,35)32-19-26-18-25(24-9-7-8-22(2)16-24)10-12-28(26)31(21-32)14-5-6-15-31/h7-13,16-18H,4-6,14-15,19-21H2,1-3H3. The summed E-state index contributed by atoms with van der Waals surface area (Å²) in [6.07, 6.45) is 4.21. The van der Waals surface area contributed by atoms with Gasteiger partial charge in [0.1, 0.15) is 5.75 Å². The van der Waals surface area contributed by atoms with Crippen LogP contribution in [0.2, 0.25) is 0 Å². The molecule has 0 amide bonds. The Morgan fingerprint density at radius 2 is 1.74 bits per heavy atom. The SMILES string of the molecule is CCOC(=O)COc1ccc(S(=O)(=O)N2Cc3cc(-c4cccc(C)c4)ccc3C3(CCCC3)C2)cc1C. The molecule has 200 valence electrons. The molecule has 1 heterocycles. The van der Waals surface area contributed by atoms with E-state index in [0.29, 0.717) is 24.4 Å². The molecular formula is C31H35NO5S. The third-order valence-corrected chi connectivity index (χ3v) is 9.64. The van der Waals surface area contributed by atoms with Crippen molar-refractivity contribution in [3.05, 3.63) is 82.9 Å². The zero-order valence-electron chi connectivity index (χ0n) is 22.3. The van der Waals surface area contributed by atoms with E-state index in [1.165, 1.54) is 11.1 Å². The van der Waals surface area contributed by atoms with Crippen LogP contribution in [0.25, 0.3) is 11.1 Å². The van der Waals surface area contributed by atoms with Crippen LogP contribution in [0.1, 0.15) is 54.9 Å². The second-order valence-electron chi connectivity index (χ2n) is 10.5. The van der Waals surface area contributed by atoms with Gasteiger partial charge in [-0.1, -0.05) is 54.8 Å². The van der Waals surface area contributed by atoms with Crippen molar-refractivity contribution in [1.29, 1.82) is 0 Å². The van der Waals surface area contributed by atoms with Gasteiger partial charge < -0.3 is 9.47 Å². The number of nitrogens with zero attached hydrogens (tertiary/aromatic N) is 1.